The standard InChI is InChI=1S/C11H20N2S2/c1-5-10-13-7-9(15-10)6-12-8-11(2,3)14-4/h7,12H,5-6,8H2,1-4H3. The number of nitrogens with one attached hydrogen (secondary N) is 1. The van der Waals surface area contributed by atoms with E-state index >= 15 is 0 Å². The molecule has 0 radical (unpaired) electrons. The first-order valence-electron chi connectivity index (χ1n) is 5.27. The number of thiazole rings is 1. The maximum Gasteiger partial charge on any atom is 0.0925 e. The minimum Gasteiger partial charge on any atom is -0.310 e. The fraction of sp³-hybridized carbons (Fsp3) is 0.727. The van der Waals surface area contributed by atoms with E-state index in [1.807, 2.05) is 29.3 Å². The molecule has 0 saturated carbocycles. The second-order valence-electron chi connectivity index (χ2n) is 4.14. The molecular weight excluding hydrogens is 224 g/mol. The molecule has 0 aliphatic carbocycles. The third-order valence-electron chi connectivity index (χ3n) is 2.31. The van der Waals surface area contributed by atoms with Crippen LogP contribution in [0.2, 0.25) is 0 Å². The maximum atomic E-state index is 4.34. The second-order valence-corrected chi connectivity index (χ2v) is 6.85. The van der Waals surface area contributed by atoms with Crippen LogP contribution >= 0.6 is 23.1 Å². The van der Waals surface area contributed by atoms with Crippen molar-refractivity contribution < 1.29 is 0 Å². The smallest absolute Gasteiger partial charge is 0.0925 e. The monoisotopic (exact) mass is 244 g/mol. The lowest BCUT2D eigenvalue weighted by atomic mass is 10.2. The van der Waals surface area contributed by atoms with E-state index in [1.165, 1.54) is 9.88 Å². The van der Waals surface area contributed by atoms with E-state index < -0.39 is 0 Å². The van der Waals surface area contributed by atoms with Gasteiger partial charge in [0.05, 0.1) is 5.01 Å². The molecule has 1 aromatic rings. The Hall–Kier alpha value is -0.0600. The van der Waals surface area contributed by atoms with Crippen LogP contribution in [0.25, 0.3) is 0 Å². The van der Waals surface area contributed by atoms with E-state index in [2.05, 4.69) is 37.3 Å². The number of rotatable bonds is 6. The lowest BCUT2D eigenvalue weighted by molar-refractivity contribution is 0.594. The van der Waals surface area contributed by atoms with Crippen LogP contribution in [-0.2, 0) is 13.0 Å². The first kappa shape index (κ1) is 13.0. The highest BCUT2D eigenvalue weighted by molar-refractivity contribution is 7.99. The third kappa shape index (κ3) is 4.53. The van der Waals surface area contributed by atoms with Gasteiger partial charge in [0.2, 0.25) is 0 Å². The van der Waals surface area contributed by atoms with Crippen molar-refractivity contribution in [2.45, 2.75) is 38.5 Å². The van der Waals surface area contributed by atoms with Gasteiger partial charge in [-0.15, -0.1) is 11.3 Å². The molecule has 2 nitrogen and oxygen atoms in total. The van der Waals surface area contributed by atoms with Crippen molar-refractivity contribution in [3.8, 4) is 0 Å². The molecule has 0 unspecified atom stereocenters. The lowest BCUT2D eigenvalue weighted by Crippen LogP contribution is -2.31. The molecule has 15 heavy (non-hydrogen) atoms. The van der Waals surface area contributed by atoms with Crippen molar-refractivity contribution >= 4 is 23.1 Å². The number of hydrogen-bond acceptors (Lipinski definition) is 4. The van der Waals surface area contributed by atoms with Crippen LogP contribution in [0.4, 0.5) is 0 Å². The van der Waals surface area contributed by atoms with Gasteiger partial charge in [0.15, 0.2) is 0 Å². The average molecular weight is 244 g/mol. The van der Waals surface area contributed by atoms with Gasteiger partial charge in [-0.05, 0) is 26.5 Å². The van der Waals surface area contributed by atoms with Gasteiger partial charge in [0.25, 0.3) is 0 Å². The number of hydrogen-bond donors (Lipinski definition) is 1. The van der Waals surface area contributed by atoms with Crippen LogP contribution in [0.3, 0.4) is 0 Å². The number of thioether (sulfide) groups is 1. The lowest BCUT2D eigenvalue weighted by Gasteiger charge is -2.21. The van der Waals surface area contributed by atoms with Crippen LogP contribution in [-0.4, -0.2) is 22.5 Å². The normalized spacial score (nSPS) is 12.0. The van der Waals surface area contributed by atoms with Crippen molar-refractivity contribution in [2.24, 2.45) is 0 Å². The Morgan fingerprint density at radius 1 is 1.53 bits per heavy atom. The number of aromatic nitrogens is 1. The van der Waals surface area contributed by atoms with Gasteiger partial charge in [-0.25, -0.2) is 4.98 Å². The second kappa shape index (κ2) is 5.87. The van der Waals surface area contributed by atoms with Gasteiger partial charge >= 0.3 is 0 Å². The van der Waals surface area contributed by atoms with E-state index in [-0.39, 0.29) is 0 Å². The van der Waals surface area contributed by atoms with Gasteiger partial charge in [0.1, 0.15) is 0 Å². The Balaban J connectivity index is 2.31. The van der Waals surface area contributed by atoms with Crippen molar-refractivity contribution in [1.29, 1.82) is 0 Å². The summed E-state index contributed by atoms with van der Waals surface area (Å²) >= 11 is 3.71. The fourth-order valence-electron chi connectivity index (χ4n) is 1.15. The molecule has 1 rings (SSSR count). The van der Waals surface area contributed by atoms with Gasteiger partial charge < -0.3 is 5.32 Å². The van der Waals surface area contributed by atoms with Crippen LogP contribution in [0.1, 0.15) is 30.7 Å². The highest BCUT2D eigenvalue weighted by Gasteiger charge is 2.14. The van der Waals surface area contributed by atoms with Crippen LogP contribution < -0.4 is 5.32 Å². The van der Waals surface area contributed by atoms with Crippen LogP contribution in [0.5, 0.6) is 0 Å². The van der Waals surface area contributed by atoms with Crippen LogP contribution in [0.15, 0.2) is 6.20 Å². The van der Waals surface area contributed by atoms with Gasteiger partial charge in [-0.3, -0.25) is 0 Å². The molecule has 4 heteroatoms. The van der Waals surface area contributed by atoms with Gasteiger partial charge in [-0.2, -0.15) is 11.8 Å². The summed E-state index contributed by atoms with van der Waals surface area (Å²) in [6, 6.07) is 0. The summed E-state index contributed by atoms with van der Waals surface area (Å²) in [6.45, 7) is 8.64. The topological polar surface area (TPSA) is 24.9 Å². The van der Waals surface area contributed by atoms with Gasteiger partial charge in [0, 0.05) is 28.9 Å². The Labute approximate surface area is 101 Å². The minimum absolute atomic E-state index is 0.318. The number of aryl methyl sites for hydroxylation is 1. The summed E-state index contributed by atoms with van der Waals surface area (Å²) in [5, 5.41) is 4.71. The molecule has 0 spiro atoms. The largest absolute Gasteiger partial charge is 0.310 e. The fourth-order valence-corrected chi connectivity index (χ4v) is 2.23. The van der Waals surface area contributed by atoms with Crippen molar-refractivity contribution in [3.63, 3.8) is 0 Å². The molecule has 0 bridgehead atoms. The summed E-state index contributed by atoms with van der Waals surface area (Å²) in [4.78, 5) is 5.68. The highest BCUT2D eigenvalue weighted by atomic mass is 32.2. The van der Waals surface area contributed by atoms with E-state index in [4.69, 9.17) is 0 Å². The first-order chi connectivity index (χ1) is 7.07. The highest BCUT2D eigenvalue weighted by Crippen LogP contribution is 2.20. The average Bonchev–Trinajstić information content (AvgIpc) is 2.66. The molecule has 1 heterocycles. The molecular formula is C11H20N2S2. The van der Waals surface area contributed by atoms with Crippen molar-refractivity contribution in [2.75, 3.05) is 12.8 Å². The summed E-state index contributed by atoms with van der Waals surface area (Å²) < 4.78 is 0.318. The number of nitrogens with zero attached hydrogens (tertiary/aromatic N) is 1. The summed E-state index contributed by atoms with van der Waals surface area (Å²) in [7, 11) is 0. The molecule has 0 amide bonds. The molecule has 0 aliphatic rings. The molecule has 1 N–H and O–H groups in total. The van der Waals surface area contributed by atoms with Gasteiger partial charge in [-0.1, -0.05) is 6.92 Å². The van der Waals surface area contributed by atoms with E-state index in [1.54, 1.807) is 0 Å². The van der Waals surface area contributed by atoms with E-state index in [0.29, 0.717) is 4.75 Å². The predicted octanol–water partition coefficient (Wildman–Crippen LogP) is 2.94. The summed E-state index contributed by atoms with van der Waals surface area (Å²) in [6.07, 6.45) is 5.19. The maximum absolute atomic E-state index is 4.34. The summed E-state index contributed by atoms with van der Waals surface area (Å²) in [5.74, 6) is 0. The zero-order valence-electron chi connectivity index (χ0n) is 9.96. The molecule has 0 aromatic carbocycles. The molecule has 0 atom stereocenters. The Morgan fingerprint density at radius 2 is 2.27 bits per heavy atom. The Morgan fingerprint density at radius 3 is 2.80 bits per heavy atom. The summed E-state index contributed by atoms with van der Waals surface area (Å²) in [5.41, 5.74) is 0. The zero-order chi connectivity index (χ0) is 11.3. The molecule has 0 aliphatic heterocycles. The predicted molar refractivity (Wildman–Crippen MR) is 70.8 cm³/mol. The third-order valence-corrected chi connectivity index (χ3v) is 4.70. The first-order valence-corrected chi connectivity index (χ1v) is 7.31. The zero-order valence-corrected chi connectivity index (χ0v) is 11.6. The minimum atomic E-state index is 0.318. The van der Waals surface area contributed by atoms with Crippen molar-refractivity contribution in [1.82, 2.24) is 10.3 Å². The molecule has 0 saturated heterocycles. The van der Waals surface area contributed by atoms with Crippen molar-refractivity contribution in [3.05, 3.63) is 16.1 Å². The SMILES string of the molecule is CCc1ncc(CNCC(C)(C)SC)s1. The molecule has 0 fully saturated rings. The van der Waals surface area contributed by atoms with E-state index in [0.717, 1.165) is 19.5 Å². The van der Waals surface area contributed by atoms with E-state index in [9.17, 15) is 0 Å². The Bertz CT molecular complexity index is 295. The molecule has 1 aromatic heterocycles. The van der Waals surface area contributed by atoms with Crippen LogP contribution in [0, 0.1) is 0 Å². The molecule has 86 valence electrons. The quantitative estimate of drug-likeness (QED) is 0.833. The Kier molecular flexibility index (Phi) is 5.09.